The van der Waals surface area contributed by atoms with Gasteiger partial charge in [-0.15, -0.1) is 0 Å². The Hall–Kier alpha value is -1.18. The third-order valence-corrected chi connectivity index (χ3v) is 0.512. The number of rotatable bonds is 4. The van der Waals surface area contributed by atoms with Crippen LogP contribution in [-0.2, 0) is 24.4 Å². The van der Waals surface area contributed by atoms with Gasteiger partial charge in [-0.05, 0) is 0 Å². The van der Waals surface area contributed by atoms with E-state index in [2.05, 4.69) is 14.8 Å². The fourth-order valence-corrected chi connectivity index (χ4v) is 0.146. The van der Waals surface area contributed by atoms with Crippen molar-refractivity contribution >= 4 is 11.9 Å². The number of carbonyl (C=O) groups excluding carboxylic acids is 2. The van der Waals surface area contributed by atoms with Crippen LogP contribution in [0, 0.1) is 0 Å². The predicted octanol–water partition coefficient (Wildman–Crippen LogP) is -2.10. The Kier molecular flexibility index (Phi) is 4.99. The first-order chi connectivity index (χ1) is 5.20. The smallest absolute Gasteiger partial charge is 0.371 e. The molecule has 0 aromatic rings. The van der Waals surface area contributed by atoms with E-state index in [1.807, 2.05) is 0 Å². The molecule has 0 rings (SSSR count). The van der Waals surface area contributed by atoms with Crippen LogP contribution in [-0.4, -0.2) is 35.4 Å². The van der Waals surface area contributed by atoms with Crippen LogP contribution in [0.3, 0.4) is 0 Å². The maximum atomic E-state index is 10.0. The van der Waals surface area contributed by atoms with Gasteiger partial charge in [0.25, 0.3) is 0 Å². The van der Waals surface area contributed by atoms with Gasteiger partial charge < -0.3 is 10.2 Å². The molecule has 0 atom stereocenters. The third kappa shape index (κ3) is 5.27. The maximum Gasteiger partial charge on any atom is 0.371 e. The SMILES string of the molecule is O=C(CO)OOOC(=O)CO. The summed E-state index contributed by atoms with van der Waals surface area (Å²) < 4.78 is 0. The Labute approximate surface area is 60.9 Å². The van der Waals surface area contributed by atoms with E-state index in [0.717, 1.165) is 0 Å². The van der Waals surface area contributed by atoms with Crippen molar-refractivity contribution in [1.82, 2.24) is 0 Å². The molecular weight excluding hydrogens is 160 g/mol. The van der Waals surface area contributed by atoms with Crippen LogP contribution in [0.5, 0.6) is 0 Å². The molecule has 2 N–H and O–H groups in total. The van der Waals surface area contributed by atoms with Gasteiger partial charge in [0.05, 0.1) is 0 Å². The van der Waals surface area contributed by atoms with E-state index in [1.165, 1.54) is 0 Å². The lowest BCUT2D eigenvalue weighted by Crippen LogP contribution is -2.14. The molecule has 0 unspecified atom stereocenters. The van der Waals surface area contributed by atoms with Crippen LogP contribution in [0.4, 0.5) is 0 Å². The monoisotopic (exact) mass is 166 g/mol. The average Bonchev–Trinajstić information content (AvgIpc) is 2.04. The first kappa shape index (κ1) is 9.82. The van der Waals surface area contributed by atoms with Crippen LogP contribution >= 0.6 is 0 Å². The highest BCUT2D eigenvalue weighted by molar-refractivity contribution is 5.70. The molecule has 0 amide bonds. The quantitative estimate of drug-likeness (QED) is 0.364. The number of hydrogen-bond donors (Lipinski definition) is 2. The Morgan fingerprint density at radius 1 is 1.00 bits per heavy atom. The minimum absolute atomic E-state index is 0.892. The second-order valence-electron chi connectivity index (χ2n) is 1.29. The molecule has 64 valence electrons. The second kappa shape index (κ2) is 5.59. The van der Waals surface area contributed by atoms with E-state index in [1.54, 1.807) is 0 Å². The minimum Gasteiger partial charge on any atom is -0.385 e. The zero-order valence-corrected chi connectivity index (χ0v) is 5.35. The molecule has 0 radical (unpaired) electrons. The zero-order valence-electron chi connectivity index (χ0n) is 5.35. The van der Waals surface area contributed by atoms with Crippen LogP contribution in [0.1, 0.15) is 0 Å². The third-order valence-electron chi connectivity index (χ3n) is 0.512. The van der Waals surface area contributed by atoms with Crippen molar-refractivity contribution in [2.45, 2.75) is 0 Å². The molecule has 0 aliphatic rings. The topological polar surface area (TPSA) is 102 Å². The van der Waals surface area contributed by atoms with Crippen LogP contribution in [0.2, 0.25) is 0 Å². The number of aliphatic hydroxyl groups excluding tert-OH is 2. The van der Waals surface area contributed by atoms with Crippen molar-refractivity contribution in [2.24, 2.45) is 0 Å². The van der Waals surface area contributed by atoms with Crippen molar-refractivity contribution in [1.29, 1.82) is 0 Å². The van der Waals surface area contributed by atoms with Crippen molar-refractivity contribution in [2.75, 3.05) is 13.2 Å². The van der Waals surface area contributed by atoms with E-state index in [0.29, 0.717) is 0 Å². The Morgan fingerprint density at radius 3 is 1.64 bits per heavy atom. The fraction of sp³-hybridized carbons (Fsp3) is 0.500. The van der Waals surface area contributed by atoms with Crippen LogP contribution < -0.4 is 0 Å². The summed E-state index contributed by atoms with van der Waals surface area (Å²) in [5.41, 5.74) is 0. The molecular formula is C4H6O7. The van der Waals surface area contributed by atoms with Gasteiger partial charge in [-0.2, -0.15) is 0 Å². The van der Waals surface area contributed by atoms with Crippen molar-refractivity contribution in [3.8, 4) is 0 Å². The molecule has 0 saturated heterocycles. The van der Waals surface area contributed by atoms with Crippen molar-refractivity contribution in [3.63, 3.8) is 0 Å². The first-order valence-electron chi connectivity index (χ1n) is 2.49. The summed E-state index contributed by atoms with van der Waals surface area (Å²) in [6.07, 6.45) is 0. The summed E-state index contributed by atoms with van der Waals surface area (Å²) in [7, 11) is 0. The van der Waals surface area contributed by atoms with Gasteiger partial charge in [0.1, 0.15) is 13.2 Å². The fourth-order valence-electron chi connectivity index (χ4n) is 0.146. The number of carbonyl (C=O) groups is 2. The normalized spacial score (nSPS) is 8.91. The summed E-state index contributed by atoms with van der Waals surface area (Å²) in [6, 6.07) is 0. The van der Waals surface area contributed by atoms with Crippen LogP contribution in [0.25, 0.3) is 0 Å². The number of aliphatic hydroxyl groups is 2. The largest absolute Gasteiger partial charge is 0.385 e. The van der Waals surface area contributed by atoms with E-state index in [4.69, 9.17) is 10.2 Å². The maximum absolute atomic E-state index is 10.0. The summed E-state index contributed by atoms with van der Waals surface area (Å²) in [5, 5.41) is 19.5. The average molecular weight is 166 g/mol. The van der Waals surface area contributed by atoms with Gasteiger partial charge in [0.15, 0.2) is 0 Å². The Bertz CT molecular complexity index is 125. The van der Waals surface area contributed by atoms with Gasteiger partial charge >= 0.3 is 11.9 Å². The van der Waals surface area contributed by atoms with E-state index in [-0.39, 0.29) is 0 Å². The lowest BCUT2D eigenvalue weighted by molar-refractivity contribution is -0.460. The molecule has 0 aromatic heterocycles. The molecule has 0 spiro atoms. The summed E-state index contributed by atoms with van der Waals surface area (Å²) >= 11 is 0. The van der Waals surface area contributed by atoms with Crippen molar-refractivity contribution in [3.05, 3.63) is 0 Å². The molecule has 0 aliphatic carbocycles. The summed E-state index contributed by atoms with van der Waals surface area (Å²) in [5.74, 6) is -2.23. The highest BCUT2D eigenvalue weighted by atomic mass is 17.5. The summed E-state index contributed by atoms with van der Waals surface area (Å²) in [4.78, 5) is 27.3. The summed E-state index contributed by atoms with van der Waals surface area (Å²) in [6.45, 7) is -1.78. The molecule has 0 saturated carbocycles. The molecule has 7 nitrogen and oxygen atoms in total. The number of hydrogen-bond acceptors (Lipinski definition) is 7. The van der Waals surface area contributed by atoms with Crippen molar-refractivity contribution < 1.29 is 34.6 Å². The van der Waals surface area contributed by atoms with Gasteiger partial charge in [-0.1, -0.05) is 0 Å². The van der Waals surface area contributed by atoms with Gasteiger partial charge in [0, 0.05) is 5.04 Å². The molecule has 11 heavy (non-hydrogen) atoms. The molecule has 0 bridgehead atoms. The lowest BCUT2D eigenvalue weighted by atomic mass is 10.8. The van der Waals surface area contributed by atoms with E-state index < -0.39 is 25.2 Å². The molecule has 0 fully saturated rings. The highest BCUT2D eigenvalue weighted by Gasteiger charge is 2.05. The van der Waals surface area contributed by atoms with Gasteiger partial charge in [-0.3, -0.25) is 9.78 Å². The highest BCUT2D eigenvalue weighted by Crippen LogP contribution is 1.83. The van der Waals surface area contributed by atoms with Gasteiger partial charge in [-0.25, -0.2) is 9.59 Å². The lowest BCUT2D eigenvalue weighted by Gasteiger charge is -1.97. The molecule has 0 aromatic carbocycles. The zero-order chi connectivity index (χ0) is 8.69. The Morgan fingerprint density at radius 2 is 1.36 bits per heavy atom. The van der Waals surface area contributed by atoms with Crippen LogP contribution in [0.15, 0.2) is 0 Å². The molecule has 0 heterocycles. The molecule has 0 aliphatic heterocycles. The second-order valence-corrected chi connectivity index (χ2v) is 1.29. The standard InChI is InChI=1S/C4H6O7/c5-1-3(7)9-11-10-4(8)2-6/h5-6H,1-2H2. The van der Waals surface area contributed by atoms with E-state index >= 15 is 0 Å². The molecule has 7 heteroatoms. The minimum atomic E-state index is -1.12. The predicted molar refractivity (Wildman–Crippen MR) is 27.4 cm³/mol. The Balaban J connectivity index is 3.27. The van der Waals surface area contributed by atoms with Gasteiger partial charge in [0.2, 0.25) is 0 Å². The first-order valence-corrected chi connectivity index (χ1v) is 2.49. The van der Waals surface area contributed by atoms with E-state index in [9.17, 15) is 9.59 Å².